The summed E-state index contributed by atoms with van der Waals surface area (Å²) < 4.78 is 0.926. The van der Waals surface area contributed by atoms with Gasteiger partial charge in [-0.05, 0) is 36.6 Å². The second-order valence-electron chi connectivity index (χ2n) is 5.82. The monoisotopic (exact) mass is 406 g/mol. The molecule has 0 aliphatic carbocycles. The van der Waals surface area contributed by atoms with Crippen LogP contribution in [-0.4, -0.2) is 29.8 Å². The quantitative estimate of drug-likeness (QED) is 0.754. The van der Waals surface area contributed by atoms with Crippen molar-refractivity contribution in [2.75, 3.05) is 18.0 Å². The summed E-state index contributed by atoms with van der Waals surface area (Å²) in [5, 5.41) is 2.02. The van der Waals surface area contributed by atoms with Crippen molar-refractivity contribution in [3.63, 3.8) is 0 Å². The maximum Gasteiger partial charge on any atom is 0.228 e. The molecule has 126 valence electrons. The predicted octanol–water partition coefficient (Wildman–Crippen LogP) is 3.91. The first-order valence-corrected chi connectivity index (χ1v) is 9.63. The number of rotatable bonds is 5. The van der Waals surface area contributed by atoms with Crippen LogP contribution in [0.5, 0.6) is 0 Å². The van der Waals surface area contributed by atoms with E-state index in [1.165, 1.54) is 4.88 Å². The molecule has 2 amide bonds. The summed E-state index contributed by atoms with van der Waals surface area (Å²) in [7, 11) is 0. The third-order valence-corrected chi connectivity index (χ3v) is 5.57. The maximum atomic E-state index is 12.8. The van der Waals surface area contributed by atoms with Gasteiger partial charge in [-0.2, -0.15) is 0 Å². The smallest absolute Gasteiger partial charge is 0.228 e. The number of amides is 2. The Bertz CT molecular complexity index is 732. The molecule has 1 aromatic carbocycles. The van der Waals surface area contributed by atoms with Gasteiger partial charge >= 0.3 is 0 Å². The van der Waals surface area contributed by atoms with Crippen LogP contribution < -0.4 is 4.90 Å². The van der Waals surface area contributed by atoms with Crippen molar-refractivity contribution < 1.29 is 9.59 Å². The van der Waals surface area contributed by atoms with Crippen molar-refractivity contribution in [3.8, 4) is 0 Å². The number of hydrogen-bond acceptors (Lipinski definition) is 3. The molecule has 6 heteroatoms. The molecule has 1 saturated heterocycles. The zero-order valence-electron chi connectivity index (χ0n) is 13.4. The molecule has 1 aromatic heterocycles. The molecule has 1 atom stereocenters. The fourth-order valence-corrected chi connectivity index (χ4v) is 4.07. The van der Waals surface area contributed by atoms with Gasteiger partial charge in [0.15, 0.2) is 0 Å². The molecule has 4 nitrogen and oxygen atoms in total. The van der Waals surface area contributed by atoms with Gasteiger partial charge in [0, 0.05) is 34.5 Å². The first-order chi connectivity index (χ1) is 11.6. The highest BCUT2D eigenvalue weighted by Crippen LogP contribution is 2.28. The van der Waals surface area contributed by atoms with E-state index in [0.717, 1.165) is 10.2 Å². The molecule has 1 aliphatic heterocycles. The SMILES string of the molecule is CCN(Cc1cccs1)C(=O)C1CC(=O)N(c2cccc(Br)c2)C1. The first kappa shape index (κ1) is 17.2. The van der Waals surface area contributed by atoms with Crippen molar-refractivity contribution in [2.45, 2.75) is 19.9 Å². The molecule has 0 bridgehead atoms. The molecule has 0 spiro atoms. The van der Waals surface area contributed by atoms with Crippen LogP contribution in [0, 0.1) is 5.92 Å². The normalized spacial score (nSPS) is 17.3. The van der Waals surface area contributed by atoms with E-state index in [1.54, 1.807) is 16.2 Å². The summed E-state index contributed by atoms with van der Waals surface area (Å²) in [5.41, 5.74) is 0.839. The van der Waals surface area contributed by atoms with Gasteiger partial charge in [0.05, 0.1) is 12.5 Å². The Kier molecular flexibility index (Phi) is 5.36. The zero-order chi connectivity index (χ0) is 17.1. The Morgan fingerprint density at radius 2 is 2.21 bits per heavy atom. The van der Waals surface area contributed by atoms with Crippen LogP contribution in [0.25, 0.3) is 0 Å². The number of nitrogens with zero attached hydrogens (tertiary/aromatic N) is 2. The number of halogens is 1. The number of anilines is 1. The minimum absolute atomic E-state index is 0.0126. The molecule has 0 N–H and O–H groups in total. The Balaban J connectivity index is 1.71. The number of hydrogen-bond donors (Lipinski definition) is 0. The van der Waals surface area contributed by atoms with E-state index >= 15 is 0 Å². The Morgan fingerprint density at radius 1 is 1.38 bits per heavy atom. The summed E-state index contributed by atoms with van der Waals surface area (Å²) in [5.74, 6) is -0.188. The summed E-state index contributed by atoms with van der Waals surface area (Å²) in [6, 6.07) is 11.7. The largest absolute Gasteiger partial charge is 0.338 e. The summed E-state index contributed by atoms with van der Waals surface area (Å²) in [6.07, 6.45) is 0.284. The summed E-state index contributed by atoms with van der Waals surface area (Å²) >= 11 is 5.08. The fourth-order valence-electron chi connectivity index (χ4n) is 2.96. The third kappa shape index (κ3) is 3.70. The molecule has 2 aromatic rings. The Labute approximate surface area is 154 Å². The minimum atomic E-state index is -0.267. The molecule has 0 saturated carbocycles. The van der Waals surface area contributed by atoms with Gasteiger partial charge in [-0.25, -0.2) is 0 Å². The van der Waals surface area contributed by atoms with Crippen LogP contribution in [0.3, 0.4) is 0 Å². The van der Waals surface area contributed by atoms with Crippen LogP contribution in [0.2, 0.25) is 0 Å². The lowest BCUT2D eigenvalue weighted by Gasteiger charge is -2.24. The molecule has 2 heterocycles. The lowest BCUT2D eigenvalue weighted by atomic mass is 10.1. The van der Waals surface area contributed by atoms with Gasteiger partial charge in [-0.1, -0.05) is 28.1 Å². The van der Waals surface area contributed by atoms with Gasteiger partial charge in [0.2, 0.25) is 11.8 Å². The molecule has 1 fully saturated rings. The van der Waals surface area contributed by atoms with Crippen molar-refractivity contribution in [3.05, 3.63) is 51.1 Å². The molecule has 24 heavy (non-hydrogen) atoms. The lowest BCUT2D eigenvalue weighted by molar-refractivity contribution is -0.136. The highest BCUT2D eigenvalue weighted by molar-refractivity contribution is 9.10. The summed E-state index contributed by atoms with van der Waals surface area (Å²) in [4.78, 5) is 29.9. The second kappa shape index (κ2) is 7.49. The molecule has 3 rings (SSSR count). The highest BCUT2D eigenvalue weighted by atomic mass is 79.9. The van der Waals surface area contributed by atoms with E-state index in [1.807, 2.05) is 53.6 Å². The topological polar surface area (TPSA) is 40.6 Å². The average molecular weight is 407 g/mol. The Morgan fingerprint density at radius 3 is 2.88 bits per heavy atom. The maximum absolute atomic E-state index is 12.8. The van der Waals surface area contributed by atoms with E-state index in [9.17, 15) is 9.59 Å². The standard InChI is InChI=1S/C18H19BrN2O2S/c1-2-20(12-16-7-4-8-24-16)18(23)13-9-17(22)21(11-13)15-6-3-5-14(19)10-15/h3-8,10,13H,2,9,11-12H2,1H3. The van der Waals surface area contributed by atoms with E-state index < -0.39 is 0 Å². The van der Waals surface area contributed by atoms with Gasteiger partial charge in [0.25, 0.3) is 0 Å². The van der Waals surface area contributed by atoms with Crippen LogP contribution in [-0.2, 0) is 16.1 Å². The summed E-state index contributed by atoms with van der Waals surface area (Å²) in [6.45, 7) is 3.70. The third-order valence-electron chi connectivity index (χ3n) is 4.21. The number of benzene rings is 1. The molecule has 1 unspecified atom stereocenters. The zero-order valence-corrected chi connectivity index (χ0v) is 15.8. The van der Waals surface area contributed by atoms with Gasteiger partial charge in [-0.3, -0.25) is 9.59 Å². The average Bonchev–Trinajstić information content (AvgIpc) is 3.21. The van der Waals surface area contributed by atoms with Gasteiger partial charge in [0.1, 0.15) is 0 Å². The van der Waals surface area contributed by atoms with Crippen molar-refractivity contribution in [1.82, 2.24) is 4.90 Å². The minimum Gasteiger partial charge on any atom is -0.338 e. The van der Waals surface area contributed by atoms with Crippen LogP contribution in [0.15, 0.2) is 46.3 Å². The molecule has 1 aliphatic rings. The highest BCUT2D eigenvalue weighted by Gasteiger charge is 2.37. The fraction of sp³-hybridized carbons (Fsp3) is 0.333. The molecule has 0 radical (unpaired) electrons. The van der Waals surface area contributed by atoms with E-state index in [2.05, 4.69) is 15.9 Å². The van der Waals surface area contributed by atoms with Gasteiger partial charge in [-0.15, -0.1) is 11.3 Å². The van der Waals surface area contributed by atoms with Crippen LogP contribution in [0.1, 0.15) is 18.2 Å². The predicted molar refractivity (Wildman–Crippen MR) is 100 cm³/mol. The lowest BCUT2D eigenvalue weighted by Crippen LogP contribution is -2.36. The van der Waals surface area contributed by atoms with Crippen molar-refractivity contribution in [2.24, 2.45) is 5.92 Å². The van der Waals surface area contributed by atoms with E-state index in [-0.39, 0.29) is 24.2 Å². The second-order valence-corrected chi connectivity index (χ2v) is 7.76. The number of carbonyl (C=O) groups excluding carboxylic acids is 2. The number of thiophene rings is 1. The van der Waals surface area contributed by atoms with E-state index in [4.69, 9.17) is 0 Å². The molecular formula is C18H19BrN2O2S. The van der Waals surface area contributed by atoms with Gasteiger partial charge < -0.3 is 9.80 Å². The first-order valence-electron chi connectivity index (χ1n) is 7.95. The van der Waals surface area contributed by atoms with Crippen molar-refractivity contribution >= 4 is 44.8 Å². The number of carbonyl (C=O) groups is 2. The molecular weight excluding hydrogens is 388 g/mol. The van der Waals surface area contributed by atoms with Crippen LogP contribution in [0.4, 0.5) is 5.69 Å². The van der Waals surface area contributed by atoms with Crippen LogP contribution >= 0.6 is 27.3 Å². The van der Waals surface area contributed by atoms with E-state index in [0.29, 0.717) is 19.6 Å². The van der Waals surface area contributed by atoms with Crippen molar-refractivity contribution in [1.29, 1.82) is 0 Å². The Hall–Kier alpha value is -1.66.